The summed E-state index contributed by atoms with van der Waals surface area (Å²) in [5.74, 6) is 1.23. The fourth-order valence-corrected chi connectivity index (χ4v) is 1.55. The van der Waals surface area contributed by atoms with Crippen LogP contribution in [0.1, 0.15) is 19.4 Å². The Balaban J connectivity index is 2.78. The number of ether oxygens (including phenoxy) is 1. The number of halogens is 1. The van der Waals surface area contributed by atoms with Crippen LogP contribution in [-0.2, 0) is 0 Å². The number of hydrogen-bond donors (Lipinski definition) is 1. The van der Waals surface area contributed by atoms with Crippen LogP contribution < -0.4 is 10.5 Å². The van der Waals surface area contributed by atoms with Gasteiger partial charge in [0.2, 0.25) is 0 Å². The lowest BCUT2D eigenvalue weighted by molar-refractivity contribution is 0.271. The third kappa shape index (κ3) is 3.68. The molecule has 1 aromatic rings. The van der Waals surface area contributed by atoms with E-state index in [0.29, 0.717) is 28.1 Å². The Bertz CT molecular complexity index is 366. The molecule has 0 aliphatic rings. The van der Waals surface area contributed by atoms with Crippen LogP contribution >= 0.6 is 23.8 Å². The minimum absolute atomic E-state index is 0.301. The van der Waals surface area contributed by atoms with E-state index in [1.807, 2.05) is 6.07 Å². The normalized spacial score (nSPS) is 10.4. The molecule has 2 N–H and O–H groups in total. The van der Waals surface area contributed by atoms with Gasteiger partial charge in [0.15, 0.2) is 0 Å². The Morgan fingerprint density at radius 1 is 1.53 bits per heavy atom. The van der Waals surface area contributed by atoms with Gasteiger partial charge in [0.25, 0.3) is 0 Å². The molecule has 82 valence electrons. The molecule has 0 saturated carbocycles. The molecule has 0 heterocycles. The van der Waals surface area contributed by atoms with Crippen molar-refractivity contribution in [3.8, 4) is 5.75 Å². The lowest BCUT2D eigenvalue weighted by Crippen LogP contribution is -2.10. The molecule has 0 bridgehead atoms. The van der Waals surface area contributed by atoms with Gasteiger partial charge in [-0.05, 0) is 24.1 Å². The number of hydrogen-bond acceptors (Lipinski definition) is 2. The molecule has 0 aliphatic carbocycles. The molecule has 0 aliphatic heterocycles. The molecule has 4 heteroatoms. The first-order valence-electron chi connectivity index (χ1n) is 4.73. The third-order valence-corrected chi connectivity index (χ3v) is 2.32. The summed E-state index contributed by atoms with van der Waals surface area (Å²) in [5, 5.41) is 0.531. The molecule has 0 aromatic heterocycles. The summed E-state index contributed by atoms with van der Waals surface area (Å²) in [5.41, 5.74) is 6.18. The summed E-state index contributed by atoms with van der Waals surface area (Å²) in [7, 11) is 0. The lowest BCUT2D eigenvalue weighted by atomic mass is 10.2. The van der Waals surface area contributed by atoms with E-state index in [4.69, 9.17) is 34.3 Å². The van der Waals surface area contributed by atoms with Crippen molar-refractivity contribution >= 4 is 28.8 Å². The molecule has 0 fully saturated rings. The van der Waals surface area contributed by atoms with Crippen molar-refractivity contribution in [3.05, 3.63) is 28.8 Å². The molecule has 0 spiro atoms. The van der Waals surface area contributed by atoms with Gasteiger partial charge in [0.05, 0.1) is 11.6 Å². The van der Waals surface area contributed by atoms with Gasteiger partial charge in [-0.2, -0.15) is 0 Å². The van der Waals surface area contributed by atoms with Crippen molar-refractivity contribution in [2.45, 2.75) is 13.8 Å². The van der Waals surface area contributed by atoms with Gasteiger partial charge in [-0.3, -0.25) is 0 Å². The van der Waals surface area contributed by atoms with Gasteiger partial charge in [-0.1, -0.05) is 37.7 Å². The molecule has 0 amide bonds. The number of thiocarbonyl (C=S) groups is 1. The van der Waals surface area contributed by atoms with Crippen molar-refractivity contribution in [1.29, 1.82) is 0 Å². The summed E-state index contributed by atoms with van der Waals surface area (Å²) < 4.78 is 5.51. The summed E-state index contributed by atoms with van der Waals surface area (Å²) >= 11 is 10.8. The second-order valence-corrected chi connectivity index (χ2v) is 4.56. The monoisotopic (exact) mass is 243 g/mol. The molecular weight excluding hydrogens is 230 g/mol. The molecule has 1 rings (SSSR count). The predicted molar refractivity (Wildman–Crippen MR) is 67.7 cm³/mol. The van der Waals surface area contributed by atoms with Gasteiger partial charge < -0.3 is 10.5 Å². The van der Waals surface area contributed by atoms with E-state index in [2.05, 4.69) is 13.8 Å². The Labute approximate surface area is 100 Å². The van der Waals surface area contributed by atoms with Gasteiger partial charge in [0.1, 0.15) is 10.7 Å². The van der Waals surface area contributed by atoms with Gasteiger partial charge in [0, 0.05) is 5.56 Å². The first kappa shape index (κ1) is 12.3. The Hall–Kier alpha value is -0.800. The van der Waals surface area contributed by atoms with Crippen LogP contribution in [0.4, 0.5) is 0 Å². The number of benzene rings is 1. The molecule has 1 aromatic carbocycles. The van der Waals surface area contributed by atoms with E-state index < -0.39 is 0 Å². The van der Waals surface area contributed by atoms with E-state index in [9.17, 15) is 0 Å². The molecule has 0 radical (unpaired) electrons. The maximum atomic E-state index is 5.99. The van der Waals surface area contributed by atoms with Crippen molar-refractivity contribution < 1.29 is 4.74 Å². The van der Waals surface area contributed by atoms with Crippen LogP contribution in [0.2, 0.25) is 5.02 Å². The van der Waals surface area contributed by atoms with Crippen LogP contribution in [0.5, 0.6) is 5.75 Å². The quantitative estimate of drug-likeness (QED) is 0.826. The molecule has 0 unspecified atom stereocenters. The average Bonchev–Trinajstić information content (AvgIpc) is 2.14. The van der Waals surface area contributed by atoms with E-state index in [1.165, 1.54) is 0 Å². The molecule has 0 atom stereocenters. The van der Waals surface area contributed by atoms with Crippen molar-refractivity contribution in [2.75, 3.05) is 6.61 Å². The van der Waals surface area contributed by atoms with Crippen LogP contribution in [0.25, 0.3) is 0 Å². The summed E-state index contributed by atoms with van der Waals surface area (Å²) in [6.07, 6.45) is 0. The summed E-state index contributed by atoms with van der Waals surface area (Å²) in [4.78, 5) is 0.301. The fraction of sp³-hybridized carbons (Fsp3) is 0.364. The van der Waals surface area contributed by atoms with E-state index in [1.54, 1.807) is 12.1 Å². The minimum atomic E-state index is 0.301. The average molecular weight is 244 g/mol. The van der Waals surface area contributed by atoms with Crippen molar-refractivity contribution in [3.63, 3.8) is 0 Å². The topological polar surface area (TPSA) is 35.2 Å². The third-order valence-electron chi connectivity index (χ3n) is 1.79. The second kappa shape index (κ2) is 5.33. The van der Waals surface area contributed by atoms with Gasteiger partial charge in [-0.25, -0.2) is 0 Å². The zero-order valence-electron chi connectivity index (χ0n) is 8.79. The Kier molecular flexibility index (Phi) is 4.36. The maximum Gasteiger partial charge on any atom is 0.120 e. The first-order valence-corrected chi connectivity index (χ1v) is 5.51. The molecule has 0 saturated heterocycles. The number of rotatable bonds is 4. The molecule has 15 heavy (non-hydrogen) atoms. The van der Waals surface area contributed by atoms with Crippen LogP contribution in [-0.4, -0.2) is 11.6 Å². The van der Waals surface area contributed by atoms with E-state index in [-0.39, 0.29) is 0 Å². The minimum Gasteiger partial charge on any atom is -0.493 e. The standard InChI is InChI=1S/C11H14ClNOS/c1-7(2)6-14-8-3-4-9(11(13)15)10(12)5-8/h3-5,7H,6H2,1-2H3,(H2,13,15). The Morgan fingerprint density at radius 2 is 2.20 bits per heavy atom. The first-order chi connectivity index (χ1) is 7.00. The lowest BCUT2D eigenvalue weighted by Gasteiger charge is -2.10. The van der Waals surface area contributed by atoms with Crippen LogP contribution in [0, 0.1) is 5.92 Å². The highest BCUT2D eigenvalue weighted by atomic mass is 35.5. The zero-order chi connectivity index (χ0) is 11.4. The van der Waals surface area contributed by atoms with Gasteiger partial charge in [-0.15, -0.1) is 0 Å². The summed E-state index contributed by atoms with van der Waals surface area (Å²) in [6.45, 7) is 4.85. The van der Waals surface area contributed by atoms with Crippen LogP contribution in [0.3, 0.4) is 0 Å². The van der Waals surface area contributed by atoms with Crippen molar-refractivity contribution in [2.24, 2.45) is 11.7 Å². The fourth-order valence-electron chi connectivity index (χ4n) is 1.05. The maximum absolute atomic E-state index is 5.99. The largest absolute Gasteiger partial charge is 0.493 e. The highest BCUT2D eigenvalue weighted by molar-refractivity contribution is 7.80. The zero-order valence-corrected chi connectivity index (χ0v) is 10.4. The SMILES string of the molecule is CC(C)COc1ccc(C(N)=S)c(Cl)c1. The predicted octanol–water partition coefficient (Wildman–Crippen LogP) is 3.01. The highest BCUT2D eigenvalue weighted by Crippen LogP contribution is 2.22. The highest BCUT2D eigenvalue weighted by Gasteiger charge is 2.05. The summed E-state index contributed by atoms with van der Waals surface area (Å²) in [6, 6.07) is 5.33. The molecule has 2 nitrogen and oxygen atoms in total. The van der Waals surface area contributed by atoms with E-state index >= 15 is 0 Å². The van der Waals surface area contributed by atoms with Crippen molar-refractivity contribution in [1.82, 2.24) is 0 Å². The second-order valence-electron chi connectivity index (χ2n) is 3.71. The molecular formula is C11H14ClNOS. The number of nitrogens with two attached hydrogens (primary N) is 1. The van der Waals surface area contributed by atoms with Gasteiger partial charge >= 0.3 is 0 Å². The Morgan fingerprint density at radius 3 is 2.67 bits per heavy atom. The van der Waals surface area contributed by atoms with Crippen LogP contribution in [0.15, 0.2) is 18.2 Å². The van der Waals surface area contributed by atoms with E-state index in [0.717, 1.165) is 5.75 Å². The smallest absolute Gasteiger partial charge is 0.120 e.